The largest absolute Gasteiger partial charge is 0.479 e. The van der Waals surface area contributed by atoms with Crippen molar-refractivity contribution in [2.45, 2.75) is 96.6 Å². The van der Waals surface area contributed by atoms with Crippen molar-refractivity contribution in [1.82, 2.24) is 0 Å². The van der Waals surface area contributed by atoms with Crippen LogP contribution in [0.5, 0.6) is 0 Å². The summed E-state index contributed by atoms with van der Waals surface area (Å²) in [5.41, 5.74) is -0.314. The van der Waals surface area contributed by atoms with E-state index in [9.17, 15) is 25.2 Å². The minimum Gasteiger partial charge on any atom is -0.479 e. The van der Waals surface area contributed by atoms with Crippen LogP contribution in [0.25, 0.3) is 0 Å². The van der Waals surface area contributed by atoms with Crippen molar-refractivity contribution < 1.29 is 30.3 Å². The Morgan fingerprint density at radius 2 is 1.73 bits per heavy atom. The Balaban J connectivity index is 1.61. The zero-order valence-corrected chi connectivity index (χ0v) is 18.6. The van der Waals surface area contributed by atoms with E-state index in [1.54, 1.807) is 0 Å². The van der Waals surface area contributed by atoms with Gasteiger partial charge in [0.05, 0.1) is 18.3 Å². The second kappa shape index (κ2) is 7.72. The van der Waals surface area contributed by atoms with Crippen LogP contribution in [0, 0.1) is 46.3 Å². The second-order valence-corrected chi connectivity index (χ2v) is 11.6. The molecule has 0 aromatic heterocycles. The maximum absolute atomic E-state index is 11.5. The fraction of sp³-hybridized carbons (Fsp3) is 0.958. The minimum absolute atomic E-state index is 0.00815. The molecule has 0 aromatic carbocycles. The molecule has 30 heavy (non-hydrogen) atoms. The van der Waals surface area contributed by atoms with Crippen LogP contribution >= 0.6 is 0 Å². The number of aliphatic hydroxyl groups is 4. The van der Waals surface area contributed by atoms with Crippen LogP contribution in [0.15, 0.2) is 0 Å². The fourth-order valence-electron chi connectivity index (χ4n) is 8.75. The number of hydrogen-bond donors (Lipinski definition) is 5. The van der Waals surface area contributed by atoms with Crippen molar-refractivity contribution in [3.63, 3.8) is 0 Å². The molecule has 0 bridgehead atoms. The maximum atomic E-state index is 11.5. The van der Waals surface area contributed by atoms with E-state index in [0.717, 1.165) is 38.5 Å². The first-order valence-electron chi connectivity index (χ1n) is 11.9. The molecule has 0 heterocycles. The summed E-state index contributed by atoms with van der Waals surface area (Å²) in [5, 5.41) is 51.9. The molecule has 172 valence electrons. The van der Waals surface area contributed by atoms with Crippen molar-refractivity contribution in [2.75, 3.05) is 0 Å². The number of aliphatic carboxylic acids is 1. The summed E-state index contributed by atoms with van der Waals surface area (Å²) in [7, 11) is 0. The first-order chi connectivity index (χ1) is 14.0. The molecule has 4 saturated carbocycles. The van der Waals surface area contributed by atoms with Gasteiger partial charge in [-0.05, 0) is 97.7 Å². The lowest BCUT2D eigenvalue weighted by Gasteiger charge is -2.63. The molecule has 0 spiro atoms. The van der Waals surface area contributed by atoms with Crippen LogP contribution in [-0.4, -0.2) is 55.9 Å². The summed E-state index contributed by atoms with van der Waals surface area (Å²) in [6.07, 6.45) is 3.40. The molecule has 4 aliphatic rings. The van der Waals surface area contributed by atoms with Gasteiger partial charge in [0.1, 0.15) is 0 Å². The highest BCUT2D eigenvalue weighted by Gasteiger charge is 2.65. The number of fused-ring (bicyclic) bond motifs is 5. The van der Waals surface area contributed by atoms with Crippen molar-refractivity contribution in [1.29, 1.82) is 0 Å². The van der Waals surface area contributed by atoms with E-state index in [1.165, 1.54) is 0 Å². The lowest BCUT2D eigenvalue weighted by atomic mass is 9.43. The van der Waals surface area contributed by atoms with Crippen LogP contribution in [0.2, 0.25) is 0 Å². The first-order valence-corrected chi connectivity index (χ1v) is 11.9. The van der Waals surface area contributed by atoms with Crippen LogP contribution in [-0.2, 0) is 4.79 Å². The molecule has 6 heteroatoms. The van der Waals surface area contributed by atoms with E-state index in [-0.39, 0.29) is 52.9 Å². The van der Waals surface area contributed by atoms with Crippen LogP contribution in [0.3, 0.4) is 0 Å². The average Bonchev–Trinajstić information content (AvgIpc) is 3.02. The summed E-state index contributed by atoms with van der Waals surface area (Å²) >= 11 is 0. The molecule has 6 nitrogen and oxygen atoms in total. The molecule has 0 amide bonds. The highest BCUT2D eigenvalue weighted by Crippen LogP contribution is 2.68. The van der Waals surface area contributed by atoms with E-state index in [4.69, 9.17) is 5.11 Å². The van der Waals surface area contributed by atoms with Gasteiger partial charge in [-0.2, -0.15) is 0 Å². The number of hydrogen-bond acceptors (Lipinski definition) is 5. The summed E-state index contributed by atoms with van der Waals surface area (Å²) in [6.45, 7) is 6.47. The average molecular weight is 425 g/mol. The number of rotatable bonds is 4. The molecule has 0 aromatic rings. The van der Waals surface area contributed by atoms with Crippen molar-refractivity contribution in [3.05, 3.63) is 0 Å². The van der Waals surface area contributed by atoms with Gasteiger partial charge < -0.3 is 25.5 Å². The zero-order chi connectivity index (χ0) is 22.0. The molecule has 12 atom stereocenters. The Kier molecular flexibility index (Phi) is 5.79. The van der Waals surface area contributed by atoms with Crippen molar-refractivity contribution in [2.24, 2.45) is 46.3 Å². The Hall–Kier alpha value is -0.690. The van der Waals surface area contributed by atoms with Crippen LogP contribution in [0.4, 0.5) is 0 Å². The topological polar surface area (TPSA) is 118 Å². The molecule has 4 aliphatic carbocycles. The second-order valence-electron chi connectivity index (χ2n) is 11.6. The number of carboxylic acids is 1. The Bertz CT molecular complexity index is 668. The SMILES string of the molecule is C[C@H](CC(O)C(=O)O)[C@H]1CC[C@H]2[C@@H]3C(O)CC4CC(O)CC[C@]4(C)[C@H]3CC(O)[C@]12C. The van der Waals surface area contributed by atoms with Crippen LogP contribution < -0.4 is 0 Å². The van der Waals surface area contributed by atoms with E-state index >= 15 is 0 Å². The molecular formula is C24H40O6. The number of carbonyl (C=O) groups is 1. The predicted molar refractivity (Wildman–Crippen MR) is 111 cm³/mol. The minimum atomic E-state index is -1.37. The number of carboxylic acid groups (broad SMARTS) is 1. The molecular weight excluding hydrogens is 384 g/mol. The van der Waals surface area contributed by atoms with E-state index in [1.807, 2.05) is 6.92 Å². The Morgan fingerprint density at radius 3 is 2.40 bits per heavy atom. The summed E-state index contributed by atoms with van der Waals surface area (Å²) in [4.78, 5) is 11.1. The van der Waals surface area contributed by atoms with Gasteiger partial charge >= 0.3 is 5.97 Å². The summed E-state index contributed by atoms with van der Waals surface area (Å²) < 4.78 is 0. The van der Waals surface area contributed by atoms with Gasteiger partial charge in [0, 0.05) is 0 Å². The van der Waals surface area contributed by atoms with Gasteiger partial charge in [-0.25, -0.2) is 4.79 Å². The lowest BCUT2D eigenvalue weighted by molar-refractivity contribution is -0.207. The van der Waals surface area contributed by atoms with Gasteiger partial charge in [-0.15, -0.1) is 0 Å². The first kappa shape index (κ1) is 22.5. The highest BCUT2D eigenvalue weighted by molar-refractivity contribution is 5.71. The Labute approximate surface area is 179 Å². The van der Waals surface area contributed by atoms with Gasteiger partial charge in [-0.1, -0.05) is 20.8 Å². The Morgan fingerprint density at radius 1 is 1.03 bits per heavy atom. The monoisotopic (exact) mass is 424 g/mol. The molecule has 5 N–H and O–H groups in total. The quantitative estimate of drug-likeness (QED) is 0.473. The highest BCUT2D eigenvalue weighted by atomic mass is 16.4. The smallest absolute Gasteiger partial charge is 0.332 e. The third-order valence-electron chi connectivity index (χ3n) is 10.4. The zero-order valence-electron chi connectivity index (χ0n) is 18.6. The molecule has 0 saturated heterocycles. The standard InChI is InChI=1S/C24H40O6/c1-12(8-19(27)22(29)30)15-4-5-16-21-17(11-20(28)24(15,16)3)23(2)7-6-14(25)9-13(23)10-18(21)26/h12-21,25-28H,4-11H2,1-3H3,(H,29,30)/t12-,13?,14?,15-,16+,17+,18?,19?,20?,21+,23+,24-/m1/s1. The lowest BCUT2D eigenvalue weighted by Crippen LogP contribution is -2.62. The summed E-state index contributed by atoms with van der Waals surface area (Å²) in [6, 6.07) is 0. The van der Waals surface area contributed by atoms with E-state index in [0.29, 0.717) is 12.3 Å². The van der Waals surface area contributed by atoms with Crippen LogP contribution in [0.1, 0.15) is 72.1 Å². The van der Waals surface area contributed by atoms with Gasteiger partial charge in [-0.3, -0.25) is 0 Å². The predicted octanol–water partition coefficient (Wildman–Crippen LogP) is 2.42. The molecule has 5 unspecified atom stereocenters. The summed E-state index contributed by atoms with van der Waals surface area (Å²) in [5.74, 6) is -0.144. The van der Waals surface area contributed by atoms with Crippen molar-refractivity contribution in [3.8, 4) is 0 Å². The third kappa shape index (κ3) is 3.25. The normalized spacial score (nSPS) is 52.6. The molecule has 4 fully saturated rings. The maximum Gasteiger partial charge on any atom is 0.332 e. The van der Waals surface area contributed by atoms with Gasteiger partial charge in [0.25, 0.3) is 0 Å². The van der Waals surface area contributed by atoms with Gasteiger partial charge in [0.15, 0.2) is 6.10 Å². The fourth-order valence-corrected chi connectivity index (χ4v) is 8.75. The van der Waals surface area contributed by atoms with Crippen molar-refractivity contribution >= 4 is 5.97 Å². The van der Waals surface area contributed by atoms with E-state index < -0.39 is 24.3 Å². The van der Waals surface area contributed by atoms with Gasteiger partial charge in [0.2, 0.25) is 0 Å². The molecule has 0 radical (unpaired) electrons. The van der Waals surface area contributed by atoms with E-state index in [2.05, 4.69) is 13.8 Å². The number of aliphatic hydroxyl groups excluding tert-OH is 4. The third-order valence-corrected chi connectivity index (χ3v) is 10.4. The molecule has 4 rings (SSSR count). The molecule has 0 aliphatic heterocycles.